The number of carbonyl (C=O) groups is 1. The van der Waals surface area contributed by atoms with Gasteiger partial charge in [-0.2, -0.15) is 0 Å². The number of fused-ring (bicyclic) bond motifs is 1. The number of nitrogens with zero attached hydrogens (tertiary/aromatic N) is 3. The molecule has 0 saturated carbocycles. The number of methoxy groups -OCH3 is 1. The van der Waals surface area contributed by atoms with Gasteiger partial charge in [0.2, 0.25) is 0 Å². The molecule has 224 valence electrons. The molecule has 0 radical (unpaired) electrons. The molecule has 0 aliphatic carbocycles. The molecular formula is C32H33N3O7S. The van der Waals surface area contributed by atoms with Gasteiger partial charge in [0, 0.05) is 18.8 Å². The summed E-state index contributed by atoms with van der Waals surface area (Å²) in [5, 5.41) is 0.357. The standard InChI is InChI=1S/C32H33N3O7S/c1-5-10-26-20(3)28-29(36)35(27-14-9-12-23(33-27)31(37)41-6-2)32(38)34(30(28)43-26)19-25(42-21-15-17-40-18-16-21)22-11-7-8-13-24(22)39-4/h7-9,11-14,21,25H,6,15-19H2,1-4H3/t25-/m0/s1. The summed E-state index contributed by atoms with van der Waals surface area (Å²) >= 11 is 1.29. The van der Waals surface area contributed by atoms with E-state index < -0.39 is 23.3 Å². The van der Waals surface area contributed by atoms with Gasteiger partial charge in [0.15, 0.2) is 5.69 Å². The van der Waals surface area contributed by atoms with Crippen LogP contribution in [-0.2, 0) is 20.8 Å². The van der Waals surface area contributed by atoms with Crippen molar-refractivity contribution in [1.82, 2.24) is 14.1 Å². The SMILES string of the molecule is CC#Cc1sc2c(c1C)c(=O)n(-c1cccc(C(=O)OCC)n1)c(=O)n2C[C@H](OC1CCOCC1)c1ccccc1OC. The summed E-state index contributed by atoms with van der Waals surface area (Å²) in [4.78, 5) is 46.3. The molecule has 0 unspecified atom stereocenters. The van der Waals surface area contributed by atoms with Gasteiger partial charge in [-0.3, -0.25) is 9.36 Å². The molecule has 1 saturated heterocycles. The fourth-order valence-electron chi connectivity index (χ4n) is 5.17. The number of benzene rings is 1. The number of carbonyl (C=O) groups excluding carboxylic acids is 1. The molecule has 0 amide bonds. The second-order valence-corrected chi connectivity index (χ2v) is 10.9. The maximum atomic E-state index is 14.3. The minimum Gasteiger partial charge on any atom is -0.496 e. The Morgan fingerprint density at radius 1 is 1.16 bits per heavy atom. The minimum absolute atomic E-state index is 0.00775. The van der Waals surface area contributed by atoms with Crippen LogP contribution in [0.1, 0.15) is 59.3 Å². The maximum Gasteiger partial charge on any atom is 0.356 e. The van der Waals surface area contributed by atoms with E-state index in [4.69, 9.17) is 18.9 Å². The van der Waals surface area contributed by atoms with Crippen molar-refractivity contribution in [3.63, 3.8) is 0 Å². The summed E-state index contributed by atoms with van der Waals surface area (Å²) in [7, 11) is 1.59. The number of thiophene rings is 1. The molecule has 10 nitrogen and oxygen atoms in total. The molecule has 1 aliphatic rings. The van der Waals surface area contributed by atoms with Gasteiger partial charge in [0.1, 0.15) is 22.5 Å². The lowest BCUT2D eigenvalue weighted by Gasteiger charge is -2.29. The van der Waals surface area contributed by atoms with Crippen LogP contribution in [0.25, 0.3) is 16.0 Å². The van der Waals surface area contributed by atoms with Crippen molar-refractivity contribution >= 4 is 27.5 Å². The topological polar surface area (TPSA) is 111 Å². The van der Waals surface area contributed by atoms with Gasteiger partial charge in [-0.05, 0) is 57.4 Å². The first-order valence-electron chi connectivity index (χ1n) is 14.1. The molecule has 1 aliphatic heterocycles. The van der Waals surface area contributed by atoms with Crippen LogP contribution in [0.5, 0.6) is 5.75 Å². The van der Waals surface area contributed by atoms with E-state index in [2.05, 4.69) is 16.8 Å². The zero-order valence-electron chi connectivity index (χ0n) is 24.5. The van der Waals surface area contributed by atoms with E-state index in [1.165, 1.54) is 23.5 Å². The zero-order valence-corrected chi connectivity index (χ0v) is 25.4. The molecular weight excluding hydrogens is 570 g/mol. The van der Waals surface area contributed by atoms with E-state index in [1.54, 1.807) is 31.6 Å². The van der Waals surface area contributed by atoms with Gasteiger partial charge in [0.25, 0.3) is 5.56 Å². The van der Waals surface area contributed by atoms with E-state index in [0.29, 0.717) is 52.5 Å². The molecule has 0 N–H and O–H groups in total. The van der Waals surface area contributed by atoms with Gasteiger partial charge in [0.05, 0.1) is 36.6 Å². The second kappa shape index (κ2) is 13.4. The summed E-state index contributed by atoms with van der Waals surface area (Å²) in [5.74, 6) is 5.97. The maximum absolute atomic E-state index is 14.3. The van der Waals surface area contributed by atoms with Crippen LogP contribution < -0.4 is 16.0 Å². The Bertz CT molecular complexity index is 1820. The molecule has 4 aromatic rings. The summed E-state index contributed by atoms with van der Waals surface area (Å²) in [6.45, 7) is 6.65. The molecule has 5 rings (SSSR count). The van der Waals surface area contributed by atoms with Crippen LogP contribution in [0.3, 0.4) is 0 Å². The van der Waals surface area contributed by atoms with E-state index in [9.17, 15) is 14.4 Å². The van der Waals surface area contributed by atoms with Gasteiger partial charge in [-0.1, -0.05) is 30.2 Å². The average Bonchev–Trinajstić information content (AvgIpc) is 3.35. The Morgan fingerprint density at radius 3 is 2.65 bits per heavy atom. The van der Waals surface area contributed by atoms with Gasteiger partial charge < -0.3 is 18.9 Å². The van der Waals surface area contributed by atoms with Crippen LogP contribution in [-0.4, -0.2) is 53.1 Å². The Balaban J connectivity index is 1.73. The van der Waals surface area contributed by atoms with Crippen molar-refractivity contribution in [3.8, 4) is 23.4 Å². The minimum atomic E-state index is -0.646. The van der Waals surface area contributed by atoms with Crippen molar-refractivity contribution in [2.45, 2.75) is 52.4 Å². The van der Waals surface area contributed by atoms with Crippen molar-refractivity contribution < 1.29 is 23.7 Å². The van der Waals surface area contributed by atoms with E-state index >= 15 is 0 Å². The van der Waals surface area contributed by atoms with Crippen LogP contribution >= 0.6 is 11.3 Å². The van der Waals surface area contributed by atoms with E-state index in [0.717, 1.165) is 10.1 Å². The van der Waals surface area contributed by atoms with Gasteiger partial charge >= 0.3 is 11.7 Å². The molecule has 0 bridgehead atoms. The quantitative estimate of drug-likeness (QED) is 0.204. The fourth-order valence-corrected chi connectivity index (χ4v) is 6.37. The van der Waals surface area contributed by atoms with Crippen molar-refractivity contribution in [2.24, 2.45) is 0 Å². The lowest BCUT2D eigenvalue weighted by molar-refractivity contribution is -0.0752. The highest BCUT2D eigenvalue weighted by Crippen LogP contribution is 2.34. The third-order valence-electron chi connectivity index (χ3n) is 7.26. The Hall–Kier alpha value is -4.24. The number of aryl methyl sites for hydroxylation is 1. The van der Waals surface area contributed by atoms with Crippen LogP contribution in [0.15, 0.2) is 52.1 Å². The summed E-state index contributed by atoms with van der Waals surface area (Å²) in [6, 6.07) is 12.1. The largest absolute Gasteiger partial charge is 0.496 e. The fraction of sp³-hybridized carbons (Fsp3) is 0.375. The van der Waals surface area contributed by atoms with Gasteiger partial charge in [-0.25, -0.2) is 19.1 Å². The number of aromatic nitrogens is 3. The second-order valence-electron chi connectivity index (χ2n) is 9.92. The first-order valence-corrected chi connectivity index (χ1v) is 14.9. The predicted octanol–water partition coefficient (Wildman–Crippen LogP) is 4.41. The average molecular weight is 604 g/mol. The summed E-state index contributed by atoms with van der Waals surface area (Å²) in [5.41, 5.74) is 0.286. The lowest BCUT2D eigenvalue weighted by atomic mass is 10.1. The van der Waals surface area contributed by atoms with E-state index in [-0.39, 0.29) is 30.8 Å². The number of pyridine rings is 1. The molecule has 1 atom stereocenters. The number of hydrogen-bond acceptors (Lipinski definition) is 9. The monoisotopic (exact) mass is 603 g/mol. The number of ether oxygens (including phenoxy) is 4. The van der Waals surface area contributed by atoms with E-state index in [1.807, 2.05) is 31.2 Å². The van der Waals surface area contributed by atoms with Crippen LogP contribution in [0.2, 0.25) is 0 Å². The van der Waals surface area contributed by atoms with Crippen molar-refractivity contribution in [1.29, 1.82) is 0 Å². The highest BCUT2D eigenvalue weighted by Gasteiger charge is 2.28. The third-order valence-corrected chi connectivity index (χ3v) is 8.49. The predicted molar refractivity (Wildman–Crippen MR) is 163 cm³/mol. The normalized spacial score (nSPS) is 14.2. The highest BCUT2D eigenvalue weighted by atomic mass is 32.1. The number of para-hydroxylation sites is 1. The molecule has 1 fully saturated rings. The summed E-state index contributed by atoms with van der Waals surface area (Å²) < 4.78 is 25.5. The smallest absolute Gasteiger partial charge is 0.356 e. The van der Waals surface area contributed by atoms with Crippen LogP contribution in [0, 0.1) is 18.8 Å². The molecule has 3 aromatic heterocycles. The molecule has 1 aromatic carbocycles. The zero-order chi connectivity index (χ0) is 30.5. The van der Waals surface area contributed by atoms with Crippen LogP contribution in [0.4, 0.5) is 0 Å². The molecule has 0 spiro atoms. The molecule has 43 heavy (non-hydrogen) atoms. The highest BCUT2D eigenvalue weighted by molar-refractivity contribution is 7.19. The Kier molecular flexibility index (Phi) is 9.40. The van der Waals surface area contributed by atoms with Crippen molar-refractivity contribution in [2.75, 3.05) is 26.9 Å². The Labute approximate surface area is 252 Å². The van der Waals surface area contributed by atoms with Gasteiger partial charge in [-0.15, -0.1) is 17.3 Å². The first kappa shape index (κ1) is 30.2. The first-order chi connectivity index (χ1) is 20.9. The Morgan fingerprint density at radius 2 is 1.93 bits per heavy atom. The molecule has 11 heteroatoms. The number of esters is 1. The third kappa shape index (κ3) is 6.13. The molecule has 4 heterocycles. The number of hydrogen-bond donors (Lipinski definition) is 0. The lowest BCUT2D eigenvalue weighted by Crippen LogP contribution is -2.40. The number of rotatable bonds is 9. The summed E-state index contributed by atoms with van der Waals surface area (Å²) in [6.07, 6.45) is 0.756. The van der Waals surface area contributed by atoms with Crippen molar-refractivity contribution in [3.05, 3.63) is 85.0 Å².